The van der Waals surface area contributed by atoms with E-state index in [4.69, 9.17) is 10.5 Å². The van der Waals surface area contributed by atoms with E-state index in [-0.39, 0.29) is 23.4 Å². The van der Waals surface area contributed by atoms with Crippen LogP contribution in [-0.4, -0.2) is 17.1 Å². The Bertz CT molecular complexity index is 487. The molecule has 0 radical (unpaired) electrons. The van der Waals surface area contributed by atoms with Crippen molar-refractivity contribution in [1.29, 1.82) is 0 Å². The first-order chi connectivity index (χ1) is 9.50. The van der Waals surface area contributed by atoms with E-state index in [2.05, 4.69) is 0 Å². The Morgan fingerprint density at radius 1 is 1.35 bits per heavy atom. The van der Waals surface area contributed by atoms with Crippen LogP contribution in [0.25, 0.3) is 0 Å². The Morgan fingerprint density at radius 2 is 2.05 bits per heavy atom. The maximum absolute atomic E-state index is 13.2. The maximum atomic E-state index is 13.2. The Kier molecular flexibility index (Phi) is 4.67. The number of ether oxygens (including phenoxy) is 1. The summed E-state index contributed by atoms with van der Waals surface area (Å²) in [6.07, 6.45) is 5.16. The number of benzene rings is 1. The normalized spacial score (nSPS) is 17.9. The van der Waals surface area contributed by atoms with Gasteiger partial charge in [-0.25, -0.2) is 4.39 Å². The van der Waals surface area contributed by atoms with Crippen molar-refractivity contribution in [3.63, 3.8) is 0 Å². The molecule has 0 spiro atoms. The Hall–Kier alpha value is -1.53. The van der Waals surface area contributed by atoms with E-state index in [1.165, 1.54) is 6.42 Å². The van der Waals surface area contributed by atoms with Gasteiger partial charge in [-0.05, 0) is 25.0 Å². The summed E-state index contributed by atoms with van der Waals surface area (Å²) in [5.41, 5.74) is 5.99. The van der Waals surface area contributed by atoms with Crippen LogP contribution < -0.4 is 5.73 Å². The largest absolute Gasteiger partial charge is 0.375 e. The lowest BCUT2D eigenvalue weighted by Crippen LogP contribution is -2.46. The van der Waals surface area contributed by atoms with E-state index < -0.39 is 10.7 Å². The van der Waals surface area contributed by atoms with Crippen LogP contribution in [0.1, 0.15) is 37.7 Å². The highest BCUT2D eigenvalue weighted by Crippen LogP contribution is 2.27. The second-order valence-electron chi connectivity index (χ2n) is 5.45. The highest BCUT2D eigenvalue weighted by molar-refractivity contribution is 5.39. The lowest BCUT2D eigenvalue weighted by atomic mass is 9.83. The zero-order valence-corrected chi connectivity index (χ0v) is 11.3. The van der Waals surface area contributed by atoms with Gasteiger partial charge in [0, 0.05) is 11.6 Å². The molecule has 1 aromatic rings. The highest BCUT2D eigenvalue weighted by Gasteiger charge is 2.27. The number of hydrogen-bond donors (Lipinski definition) is 1. The van der Waals surface area contributed by atoms with Gasteiger partial charge >= 0.3 is 0 Å². The highest BCUT2D eigenvalue weighted by atomic mass is 19.1. The minimum absolute atomic E-state index is 0.00697. The van der Waals surface area contributed by atoms with Crippen molar-refractivity contribution in [3.05, 3.63) is 39.7 Å². The van der Waals surface area contributed by atoms with Gasteiger partial charge in [-0.15, -0.1) is 0 Å². The first kappa shape index (κ1) is 14.9. The maximum Gasteiger partial charge on any atom is 0.275 e. The summed E-state index contributed by atoms with van der Waals surface area (Å²) in [7, 11) is 0. The Balaban J connectivity index is 1.96. The zero-order chi connectivity index (χ0) is 14.6. The molecule has 2 rings (SSSR count). The number of rotatable bonds is 5. The fraction of sp³-hybridized carbons (Fsp3) is 0.571. The van der Waals surface area contributed by atoms with E-state index >= 15 is 0 Å². The van der Waals surface area contributed by atoms with E-state index in [1.807, 2.05) is 0 Å². The number of nitrogens with two attached hydrogens (primary N) is 1. The van der Waals surface area contributed by atoms with Crippen molar-refractivity contribution in [3.8, 4) is 0 Å². The van der Waals surface area contributed by atoms with Gasteiger partial charge in [0.05, 0.1) is 23.7 Å². The van der Waals surface area contributed by atoms with Gasteiger partial charge in [-0.3, -0.25) is 10.1 Å². The molecule has 110 valence electrons. The fourth-order valence-electron chi connectivity index (χ4n) is 2.61. The van der Waals surface area contributed by atoms with Crippen LogP contribution in [0, 0.1) is 15.9 Å². The number of nitrogens with zero attached hydrogens (tertiary/aromatic N) is 1. The van der Waals surface area contributed by atoms with Gasteiger partial charge in [-0.2, -0.15) is 0 Å². The van der Waals surface area contributed by atoms with Gasteiger partial charge in [0.1, 0.15) is 5.82 Å². The summed E-state index contributed by atoms with van der Waals surface area (Å²) in [4.78, 5) is 10.3. The first-order valence-electron chi connectivity index (χ1n) is 6.80. The number of hydrogen-bond acceptors (Lipinski definition) is 4. The van der Waals surface area contributed by atoms with Crippen LogP contribution in [0.15, 0.2) is 18.2 Å². The topological polar surface area (TPSA) is 78.4 Å². The van der Waals surface area contributed by atoms with Crippen molar-refractivity contribution >= 4 is 5.69 Å². The third-order valence-electron chi connectivity index (χ3n) is 3.73. The van der Waals surface area contributed by atoms with Crippen molar-refractivity contribution < 1.29 is 14.1 Å². The molecule has 0 aliphatic heterocycles. The summed E-state index contributed by atoms with van der Waals surface area (Å²) in [6, 6.07) is 3.38. The standard InChI is InChI=1S/C14H19FN2O3/c15-12-4-5-13(17(18)19)11(8-12)9-20-10-14(16)6-2-1-3-7-14/h4-5,8H,1-3,6-7,9-10,16H2. The molecular weight excluding hydrogens is 263 g/mol. The molecule has 0 aromatic heterocycles. The van der Waals surface area contributed by atoms with Crippen molar-refractivity contribution in [1.82, 2.24) is 0 Å². The fourth-order valence-corrected chi connectivity index (χ4v) is 2.61. The molecule has 2 N–H and O–H groups in total. The quantitative estimate of drug-likeness (QED) is 0.665. The van der Waals surface area contributed by atoms with Crippen molar-refractivity contribution in [2.24, 2.45) is 5.73 Å². The average molecular weight is 282 g/mol. The molecule has 1 aromatic carbocycles. The van der Waals surface area contributed by atoms with Gasteiger partial charge in [0.25, 0.3) is 5.69 Å². The minimum atomic E-state index is -0.531. The molecule has 1 aliphatic carbocycles. The summed E-state index contributed by atoms with van der Waals surface area (Å²) >= 11 is 0. The molecule has 1 saturated carbocycles. The van der Waals surface area contributed by atoms with E-state index in [0.717, 1.165) is 43.9 Å². The monoisotopic (exact) mass is 282 g/mol. The smallest absolute Gasteiger partial charge is 0.275 e. The molecule has 0 amide bonds. The van der Waals surface area contributed by atoms with Crippen LogP contribution >= 0.6 is 0 Å². The summed E-state index contributed by atoms with van der Waals surface area (Å²) < 4.78 is 18.7. The second kappa shape index (κ2) is 6.28. The molecule has 0 saturated heterocycles. The third-order valence-corrected chi connectivity index (χ3v) is 3.73. The Morgan fingerprint density at radius 3 is 2.70 bits per heavy atom. The molecule has 6 heteroatoms. The molecule has 0 unspecified atom stereocenters. The zero-order valence-electron chi connectivity index (χ0n) is 11.3. The predicted octanol–water partition coefficient (Wildman–Crippen LogP) is 2.91. The Labute approximate surface area is 117 Å². The number of nitro benzene ring substituents is 1. The van der Waals surface area contributed by atoms with E-state index in [1.54, 1.807) is 0 Å². The van der Waals surface area contributed by atoms with Crippen LogP contribution in [-0.2, 0) is 11.3 Å². The molecule has 0 atom stereocenters. The molecule has 1 fully saturated rings. The predicted molar refractivity (Wildman–Crippen MR) is 72.7 cm³/mol. The summed E-state index contributed by atoms with van der Waals surface area (Å²) in [5.74, 6) is -0.505. The van der Waals surface area contributed by atoms with Crippen LogP contribution in [0.5, 0.6) is 0 Å². The van der Waals surface area contributed by atoms with Crippen LogP contribution in [0.4, 0.5) is 10.1 Å². The van der Waals surface area contributed by atoms with E-state index in [0.29, 0.717) is 6.61 Å². The lowest BCUT2D eigenvalue weighted by Gasteiger charge is -2.32. The SMILES string of the molecule is NC1(COCc2cc(F)ccc2[N+](=O)[O-])CCCCC1. The van der Waals surface area contributed by atoms with E-state index in [9.17, 15) is 14.5 Å². The molecule has 1 aliphatic rings. The van der Waals surface area contributed by atoms with Gasteiger partial charge in [0.15, 0.2) is 0 Å². The summed E-state index contributed by atoms with van der Waals surface area (Å²) in [6.45, 7) is 0.355. The van der Waals surface area contributed by atoms with Crippen molar-refractivity contribution in [2.75, 3.05) is 6.61 Å². The first-order valence-corrected chi connectivity index (χ1v) is 6.80. The van der Waals surface area contributed by atoms with Crippen LogP contribution in [0.3, 0.4) is 0 Å². The number of halogens is 1. The molecule has 20 heavy (non-hydrogen) atoms. The van der Waals surface area contributed by atoms with Crippen LogP contribution in [0.2, 0.25) is 0 Å². The number of nitro groups is 1. The summed E-state index contributed by atoms with van der Waals surface area (Å²) in [5, 5.41) is 10.9. The second-order valence-corrected chi connectivity index (χ2v) is 5.45. The van der Waals surface area contributed by atoms with Gasteiger partial charge in [0.2, 0.25) is 0 Å². The van der Waals surface area contributed by atoms with Crippen molar-refractivity contribution in [2.45, 2.75) is 44.2 Å². The third kappa shape index (κ3) is 3.74. The minimum Gasteiger partial charge on any atom is -0.375 e. The molecule has 5 nitrogen and oxygen atoms in total. The van der Waals surface area contributed by atoms with Gasteiger partial charge in [-0.1, -0.05) is 19.3 Å². The molecule has 0 heterocycles. The molecular formula is C14H19FN2O3. The average Bonchev–Trinajstić information content (AvgIpc) is 2.39. The lowest BCUT2D eigenvalue weighted by molar-refractivity contribution is -0.386. The molecule has 0 bridgehead atoms. The van der Waals surface area contributed by atoms with Gasteiger partial charge < -0.3 is 10.5 Å².